The predicted octanol–water partition coefficient (Wildman–Crippen LogP) is 2.79. The van der Waals surface area contributed by atoms with Crippen molar-refractivity contribution in [3.63, 3.8) is 0 Å². The third kappa shape index (κ3) is 4.27. The average molecular weight is 284 g/mol. The molecule has 0 saturated heterocycles. The van der Waals surface area contributed by atoms with Gasteiger partial charge in [-0.25, -0.2) is 0 Å². The van der Waals surface area contributed by atoms with Gasteiger partial charge >= 0.3 is 0 Å². The zero-order chi connectivity index (χ0) is 15.1. The average Bonchev–Trinajstić information content (AvgIpc) is 2.54. The highest BCUT2D eigenvalue weighted by Crippen LogP contribution is 2.16. The third-order valence-electron chi connectivity index (χ3n) is 3.10. The maximum atomic E-state index is 11.7. The molecule has 0 bridgehead atoms. The van der Waals surface area contributed by atoms with Gasteiger partial charge in [-0.2, -0.15) is 0 Å². The molecule has 1 heterocycles. The van der Waals surface area contributed by atoms with Crippen molar-refractivity contribution >= 4 is 11.7 Å². The molecule has 1 aromatic carbocycles. The van der Waals surface area contributed by atoms with Gasteiger partial charge in [0.25, 0.3) is 5.91 Å². The molecule has 2 rings (SSSR count). The molecule has 2 N–H and O–H groups in total. The predicted molar refractivity (Wildman–Crippen MR) is 83.1 cm³/mol. The van der Waals surface area contributed by atoms with E-state index < -0.39 is 0 Å². The molecule has 5 heteroatoms. The van der Waals surface area contributed by atoms with Crippen LogP contribution in [0.5, 0.6) is 0 Å². The van der Waals surface area contributed by atoms with Crippen molar-refractivity contribution in [1.29, 1.82) is 0 Å². The number of hydrogen-bond acceptors (Lipinski definition) is 4. The molecule has 0 aliphatic carbocycles. The molecule has 0 saturated carbocycles. The first kappa shape index (κ1) is 15.0. The summed E-state index contributed by atoms with van der Waals surface area (Å²) in [5.74, 6) is 0.463. The van der Waals surface area contributed by atoms with Crippen LogP contribution >= 0.6 is 0 Å². The molecule has 1 atom stereocenters. The highest BCUT2D eigenvalue weighted by atomic mass is 16.1. The maximum absolute atomic E-state index is 11.7. The summed E-state index contributed by atoms with van der Waals surface area (Å²) < 4.78 is 0. The number of hydrogen-bond donors (Lipinski definition) is 2. The Morgan fingerprint density at radius 3 is 2.52 bits per heavy atom. The minimum absolute atomic E-state index is 0.125. The van der Waals surface area contributed by atoms with Crippen molar-refractivity contribution in [3.8, 4) is 0 Å². The van der Waals surface area contributed by atoms with Crippen LogP contribution in [0.4, 0.5) is 5.82 Å². The van der Waals surface area contributed by atoms with Gasteiger partial charge in [-0.15, -0.1) is 10.2 Å². The summed E-state index contributed by atoms with van der Waals surface area (Å²) >= 11 is 0. The number of carbonyl (C=O) groups excluding carboxylic acids is 1. The van der Waals surface area contributed by atoms with Crippen LogP contribution < -0.4 is 10.6 Å². The lowest BCUT2D eigenvalue weighted by atomic mass is 10.1. The van der Waals surface area contributed by atoms with Gasteiger partial charge in [0.1, 0.15) is 5.82 Å². The number of anilines is 1. The van der Waals surface area contributed by atoms with E-state index in [0.29, 0.717) is 18.1 Å². The van der Waals surface area contributed by atoms with Crippen LogP contribution in [0.1, 0.15) is 42.4 Å². The van der Waals surface area contributed by atoms with Crippen LogP contribution in [0.25, 0.3) is 0 Å². The van der Waals surface area contributed by atoms with Gasteiger partial charge in [0.2, 0.25) is 0 Å². The van der Waals surface area contributed by atoms with E-state index in [1.807, 2.05) is 25.1 Å². The Morgan fingerprint density at radius 2 is 1.90 bits per heavy atom. The van der Waals surface area contributed by atoms with Crippen LogP contribution in [0.2, 0.25) is 0 Å². The van der Waals surface area contributed by atoms with E-state index in [1.165, 1.54) is 5.56 Å². The Kier molecular flexibility index (Phi) is 5.26. The maximum Gasteiger partial charge on any atom is 0.271 e. The second-order valence-electron chi connectivity index (χ2n) is 4.84. The first-order chi connectivity index (χ1) is 10.2. The van der Waals surface area contributed by atoms with Gasteiger partial charge in [0, 0.05) is 12.6 Å². The normalized spacial score (nSPS) is 11.7. The molecule has 5 nitrogen and oxygen atoms in total. The molecule has 1 amide bonds. The fourth-order valence-electron chi connectivity index (χ4n) is 1.91. The topological polar surface area (TPSA) is 66.9 Å². The van der Waals surface area contributed by atoms with E-state index in [-0.39, 0.29) is 11.9 Å². The monoisotopic (exact) mass is 284 g/mol. The lowest BCUT2D eigenvalue weighted by molar-refractivity contribution is 0.0947. The summed E-state index contributed by atoms with van der Waals surface area (Å²) in [5.41, 5.74) is 1.51. The minimum Gasteiger partial charge on any atom is -0.362 e. The lowest BCUT2D eigenvalue weighted by Crippen LogP contribution is -2.25. The number of nitrogens with zero attached hydrogens (tertiary/aromatic N) is 2. The molecule has 0 spiro atoms. The van der Waals surface area contributed by atoms with E-state index in [2.05, 4.69) is 39.9 Å². The lowest BCUT2D eigenvalue weighted by Gasteiger charge is -2.14. The Hall–Kier alpha value is -2.43. The number of aromatic nitrogens is 2. The molecular weight excluding hydrogens is 264 g/mol. The molecule has 0 fully saturated rings. The SMILES string of the molecule is CCCNC(=O)c1ccc(NC(C)c2ccccc2)nn1. The van der Waals surface area contributed by atoms with Gasteiger partial charge in [-0.05, 0) is 31.0 Å². The molecule has 0 radical (unpaired) electrons. The van der Waals surface area contributed by atoms with Gasteiger partial charge in [-0.1, -0.05) is 37.3 Å². The summed E-state index contributed by atoms with van der Waals surface area (Å²) in [6.45, 7) is 4.70. The van der Waals surface area contributed by atoms with Crippen molar-refractivity contribution in [2.75, 3.05) is 11.9 Å². The number of amides is 1. The summed E-state index contributed by atoms with van der Waals surface area (Å²) in [6, 6.07) is 13.7. The minimum atomic E-state index is -0.188. The van der Waals surface area contributed by atoms with Crippen LogP contribution in [0, 0.1) is 0 Å². The van der Waals surface area contributed by atoms with E-state index in [4.69, 9.17) is 0 Å². The fraction of sp³-hybridized carbons (Fsp3) is 0.312. The summed E-state index contributed by atoms with van der Waals surface area (Å²) in [6.07, 6.45) is 0.896. The van der Waals surface area contributed by atoms with Crippen LogP contribution in [0.3, 0.4) is 0 Å². The van der Waals surface area contributed by atoms with Gasteiger partial charge in [-0.3, -0.25) is 4.79 Å². The Balaban J connectivity index is 1.98. The second kappa shape index (κ2) is 7.38. The molecule has 0 aliphatic heterocycles. The van der Waals surface area contributed by atoms with E-state index in [1.54, 1.807) is 12.1 Å². The van der Waals surface area contributed by atoms with E-state index in [0.717, 1.165) is 6.42 Å². The summed E-state index contributed by atoms with van der Waals surface area (Å²) in [4.78, 5) is 11.7. The van der Waals surface area contributed by atoms with Crippen LogP contribution in [-0.2, 0) is 0 Å². The molecule has 2 aromatic rings. The number of carbonyl (C=O) groups is 1. The number of nitrogens with one attached hydrogen (secondary N) is 2. The standard InChI is InChI=1S/C16H20N4O/c1-3-11-17-16(21)14-9-10-15(20-19-14)18-12(2)13-7-5-4-6-8-13/h4-10,12H,3,11H2,1-2H3,(H,17,21)(H,18,20). The van der Waals surface area contributed by atoms with Gasteiger partial charge in [0.15, 0.2) is 5.69 Å². The van der Waals surface area contributed by atoms with Crippen molar-refractivity contribution < 1.29 is 4.79 Å². The summed E-state index contributed by atoms with van der Waals surface area (Å²) in [5, 5.41) is 14.0. The first-order valence-electron chi connectivity index (χ1n) is 7.14. The number of rotatable bonds is 6. The van der Waals surface area contributed by atoms with Crippen molar-refractivity contribution in [2.24, 2.45) is 0 Å². The molecule has 21 heavy (non-hydrogen) atoms. The van der Waals surface area contributed by atoms with Crippen molar-refractivity contribution in [2.45, 2.75) is 26.3 Å². The van der Waals surface area contributed by atoms with Crippen molar-refractivity contribution in [1.82, 2.24) is 15.5 Å². The molecule has 110 valence electrons. The third-order valence-corrected chi connectivity index (χ3v) is 3.10. The first-order valence-corrected chi connectivity index (χ1v) is 7.14. The van der Waals surface area contributed by atoms with Gasteiger partial charge < -0.3 is 10.6 Å². The Labute approximate surface area is 124 Å². The van der Waals surface area contributed by atoms with E-state index in [9.17, 15) is 4.79 Å². The van der Waals surface area contributed by atoms with Gasteiger partial charge in [0.05, 0.1) is 0 Å². The van der Waals surface area contributed by atoms with E-state index >= 15 is 0 Å². The largest absolute Gasteiger partial charge is 0.362 e. The highest BCUT2D eigenvalue weighted by Gasteiger charge is 2.09. The molecule has 0 aliphatic rings. The van der Waals surface area contributed by atoms with Crippen LogP contribution in [0.15, 0.2) is 42.5 Å². The highest BCUT2D eigenvalue weighted by molar-refractivity contribution is 5.92. The molecule has 1 aromatic heterocycles. The molecular formula is C16H20N4O. The Bertz CT molecular complexity index is 569. The summed E-state index contributed by atoms with van der Waals surface area (Å²) in [7, 11) is 0. The zero-order valence-electron chi connectivity index (χ0n) is 12.3. The quantitative estimate of drug-likeness (QED) is 0.856. The van der Waals surface area contributed by atoms with Crippen molar-refractivity contribution in [3.05, 3.63) is 53.7 Å². The fourth-order valence-corrected chi connectivity index (χ4v) is 1.91. The Morgan fingerprint density at radius 1 is 1.14 bits per heavy atom. The van der Waals surface area contributed by atoms with Crippen LogP contribution in [-0.4, -0.2) is 22.6 Å². The zero-order valence-corrected chi connectivity index (χ0v) is 12.3. The second-order valence-corrected chi connectivity index (χ2v) is 4.84. The number of benzene rings is 1. The smallest absolute Gasteiger partial charge is 0.271 e. The molecule has 1 unspecified atom stereocenters.